The van der Waals surface area contributed by atoms with Gasteiger partial charge in [0.1, 0.15) is 6.04 Å². The smallest absolute Gasteiger partial charge is 0.255 e. The molecule has 3 aliphatic rings. The highest BCUT2D eigenvalue weighted by molar-refractivity contribution is 6.05. The van der Waals surface area contributed by atoms with Gasteiger partial charge in [0.15, 0.2) is 0 Å². The van der Waals surface area contributed by atoms with Crippen LogP contribution in [0.4, 0.5) is 0 Å². The maximum Gasteiger partial charge on any atom is 0.255 e. The second-order valence-electron chi connectivity index (χ2n) is 8.28. The van der Waals surface area contributed by atoms with Gasteiger partial charge in [-0.05, 0) is 49.9 Å². The van der Waals surface area contributed by atoms with Gasteiger partial charge in [-0.2, -0.15) is 0 Å². The van der Waals surface area contributed by atoms with Crippen LogP contribution in [-0.4, -0.2) is 52.7 Å². The van der Waals surface area contributed by atoms with Crippen molar-refractivity contribution in [1.82, 2.24) is 15.1 Å². The van der Waals surface area contributed by atoms with Crippen LogP contribution >= 0.6 is 0 Å². The van der Waals surface area contributed by atoms with E-state index in [4.69, 9.17) is 5.73 Å². The minimum Gasteiger partial charge on any atom is -0.324 e. The summed E-state index contributed by atoms with van der Waals surface area (Å²) in [4.78, 5) is 40.0. The Morgan fingerprint density at radius 1 is 1.30 bits per heavy atom. The number of benzene rings is 1. The number of hydrogen-bond donors (Lipinski definition) is 2. The molecule has 7 nitrogen and oxygen atoms in total. The predicted octanol–water partition coefficient (Wildman–Crippen LogP) is 0.761. The molecule has 1 aromatic rings. The second kappa shape index (κ2) is 6.73. The van der Waals surface area contributed by atoms with E-state index in [0.29, 0.717) is 18.5 Å². The number of rotatable bonds is 5. The zero-order valence-corrected chi connectivity index (χ0v) is 15.7. The number of nitrogens with one attached hydrogen (secondary N) is 1. The molecule has 1 saturated carbocycles. The van der Waals surface area contributed by atoms with E-state index in [-0.39, 0.29) is 29.7 Å². The SMILES string of the molecule is CN(Cc1ccc2c(c1)CN(C1CCC(=O)NC1=O)C2=O)CC1(N)CCC1. The van der Waals surface area contributed by atoms with Gasteiger partial charge in [-0.25, -0.2) is 0 Å². The molecule has 144 valence electrons. The van der Waals surface area contributed by atoms with Crippen LogP contribution in [0.1, 0.15) is 53.6 Å². The van der Waals surface area contributed by atoms with Crippen molar-refractivity contribution < 1.29 is 14.4 Å². The third-order valence-electron chi connectivity index (χ3n) is 5.97. The van der Waals surface area contributed by atoms with Gasteiger partial charge in [0.05, 0.1) is 0 Å². The Morgan fingerprint density at radius 2 is 2.07 bits per heavy atom. The Labute approximate surface area is 158 Å². The second-order valence-corrected chi connectivity index (χ2v) is 8.28. The number of likely N-dealkylation sites (N-methyl/N-ethyl adjacent to an activating group) is 1. The summed E-state index contributed by atoms with van der Waals surface area (Å²) in [5.41, 5.74) is 9.02. The fourth-order valence-corrected chi connectivity index (χ4v) is 4.42. The molecule has 0 aromatic heterocycles. The van der Waals surface area contributed by atoms with Crippen LogP contribution in [0.2, 0.25) is 0 Å². The molecule has 7 heteroatoms. The average molecular weight is 370 g/mol. The fraction of sp³-hybridized carbons (Fsp3) is 0.550. The molecular formula is C20H26N4O3. The van der Waals surface area contributed by atoms with Crippen molar-refractivity contribution >= 4 is 17.7 Å². The number of piperidine rings is 1. The summed E-state index contributed by atoms with van der Waals surface area (Å²) in [5, 5.41) is 2.33. The Bertz CT molecular complexity index is 802. The van der Waals surface area contributed by atoms with Gasteiger partial charge in [0, 0.05) is 37.2 Å². The standard InChI is InChI=1S/C20H26N4O3/c1-23(12-20(21)7-2-8-20)10-13-3-4-15-14(9-13)11-24(19(15)27)16-5-6-17(25)22-18(16)26/h3-4,9,16H,2,5-8,10-12,21H2,1H3,(H,22,25,26). The van der Waals surface area contributed by atoms with Gasteiger partial charge in [-0.3, -0.25) is 19.7 Å². The number of carbonyl (C=O) groups is 3. The van der Waals surface area contributed by atoms with Gasteiger partial charge in [-0.15, -0.1) is 0 Å². The van der Waals surface area contributed by atoms with E-state index in [1.54, 1.807) is 4.90 Å². The van der Waals surface area contributed by atoms with Crippen molar-refractivity contribution in [2.75, 3.05) is 13.6 Å². The van der Waals surface area contributed by atoms with Crippen LogP contribution in [0, 0.1) is 0 Å². The van der Waals surface area contributed by atoms with E-state index in [2.05, 4.69) is 23.3 Å². The van der Waals surface area contributed by atoms with Gasteiger partial charge < -0.3 is 15.5 Å². The quantitative estimate of drug-likeness (QED) is 0.746. The fourth-order valence-electron chi connectivity index (χ4n) is 4.42. The van der Waals surface area contributed by atoms with E-state index >= 15 is 0 Å². The van der Waals surface area contributed by atoms with Gasteiger partial charge in [0.25, 0.3) is 5.91 Å². The Kier molecular flexibility index (Phi) is 4.52. The van der Waals surface area contributed by atoms with Crippen LogP contribution in [0.5, 0.6) is 0 Å². The summed E-state index contributed by atoms with van der Waals surface area (Å²) in [5.74, 6) is -0.772. The summed E-state index contributed by atoms with van der Waals surface area (Å²) in [7, 11) is 2.07. The molecule has 27 heavy (non-hydrogen) atoms. The lowest BCUT2D eigenvalue weighted by atomic mass is 9.77. The van der Waals surface area contributed by atoms with Crippen molar-refractivity contribution in [2.24, 2.45) is 5.73 Å². The lowest BCUT2D eigenvalue weighted by Gasteiger charge is -2.41. The lowest BCUT2D eigenvalue weighted by molar-refractivity contribution is -0.136. The minimum absolute atomic E-state index is 0.0516. The molecule has 1 unspecified atom stereocenters. The van der Waals surface area contributed by atoms with Crippen molar-refractivity contribution in [2.45, 2.75) is 56.8 Å². The molecule has 3 N–H and O–H groups in total. The summed E-state index contributed by atoms with van der Waals surface area (Å²) in [6.45, 7) is 2.06. The highest BCUT2D eigenvalue weighted by Gasteiger charge is 2.39. The largest absolute Gasteiger partial charge is 0.324 e. The molecule has 2 heterocycles. The Hall–Kier alpha value is -2.25. The van der Waals surface area contributed by atoms with E-state index in [1.165, 1.54) is 6.42 Å². The van der Waals surface area contributed by atoms with Crippen molar-refractivity contribution in [3.05, 3.63) is 34.9 Å². The first-order valence-electron chi connectivity index (χ1n) is 9.59. The number of nitrogens with zero attached hydrogens (tertiary/aromatic N) is 2. The molecule has 1 aromatic carbocycles. The summed E-state index contributed by atoms with van der Waals surface area (Å²) >= 11 is 0. The number of amides is 3. The van der Waals surface area contributed by atoms with Crippen LogP contribution in [0.25, 0.3) is 0 Å². The summed E-state index contributed by atoms with van der Waals surface area (Å²) < 4.78 is 0. The average Bonchev–Trinajstić information content (AvgIpc) is 2.89. The van der Waals surface area contributed by atoms with Crippen LogP contribution in [0.3, 0.4) is 0 Å². The molecule has 3 amide bonds. The van der Waals surface area contributed by atoms with Crippen LogP contribution in [0.15, 0.2) is 18.2 Å². The molecule has 4 rings (SSSR count). The van der Waals surface area contributed by atoms with Gasteiger partial charge >= 0.3 is 0 Å². The first-order valence-corrected chi connectivity index (χ1v) is 9.59. The minimum atomic E-state index is -0.565. The number of imide groups is 1. The number of fused-ring (bicyclic) bond motifs is 1. The van der Waals surface area contributed by atoms with E-state index < -0.39 is 6.04 Å². The highest BCUT2D eigenvalue weighted by atomic mass is 16.2. The lowest BCUT2D eigenvalue weighted by Crippen LogP contribution is -2.54. The molecule has 0 spiro atoms. The van der Waals surface area contributed by atoms with E-state index in [1.807, 2.05) is 12.1 Å². The molecule has 2 aliphatic heterocycles. The zero-order chi connectivity index (χ0) is 19.2. The third-order valence-corrected chi connectivity index (χ3v) is 5.97. The molecule has 1 aliphatic carbocycles. The van der Waals surface area contributed by atoms with E-state index in [9.17, 15) is 14.4 Å². The van der Waals surface area contributed by atoms with Gasteiger partial charge in [0.2, 0.25) is 11.8 Å². The monoisotopic (exact) mass is 370 g/mol. The number of hydrogen-bond acceptors (Lipinski definition) is 5. The molecule has 1 atom stereocenters. The van der Waals surface area contributed by atoms with Crippen LogP contribution in [-0.2, 0) is 22.7 Å². The predicted molar refractivity (Wildman–Crippen MR) is 99.6 cm³/mol. The molecule has 0 bridgehead atoms. The number of nitrogens with two attached hydrogens (primary N) is 1. The van der Waals surface area contributed by atoms with Gasteiger partial charge in [-0.1, -0.05) is 12.1 Å². The first-order chi connectivity index (χ1) is 12.8. The molecular weight excluding hydrogens is 344 g/mol. The normalized spacial score (nSPS) is 24.0. The summed E-state index contributed by atoms with van der Waals surface area (Å²) in [6.07, 6.45) is 4.03. The highest BCUT2D eigenvalue weighted by Crippen LogP contribution is 2.31. The number of carbonyl (C=O) groups excluding carboxylic acids is 3. The molecule has 0 radical (unpaired) electrons. The Morgan fingerprint density at radius 3 is 2.74 bits per heavy atom. The summed E-state index contributed by atoms with van der Waals surface area (Å²) in [6, 6.07) is 5.32. The maximum absolute atomic E-state index is 12.7. The Balaban J connectivity index is 1.44. The van der Waals surface area contributed by atoms with Crippen molar-refractivity contribution in [3.8, 4) is 0 Å². The molecule has 1 saturated heterocycles. The first kappa shape index (κ1) is 18.1. The van der Waals surface area contributed by atoms with Crippen molar-refractivity contribution in [3.63, 3.8) is 0 Å². The zero-order valence-electron chi connectivity index (χ0n) is 15.7. The van der Waals surface area contributed by atoms with Crippen molar-refractivity contribution in [1.29, 1.82) is 0 Å². The van der Waals surface area contributed by atoms with Crippen LogP contribution < -0.4 is 11.1 Å². The third kappa shape index (κ3) is 3.49. The topological polar surface area (TPSA) is 95.7 Å². The van der Waals surface area contributed by atoms with E-state index in [0.717, 1.165) is 37.1 Å². The maximum atomic E-state index is 12.7. The molecule has 2 fully saturated rings.